The molecule has 5 heteroatoms. The first kappa shape index (κ1) is 13.9. The minimum absolute atomic E-state index is 0.461. The summed E-state index contributed by atoms with van der Waals surface area (Å²) in [6.45, 7) is 4.30. The molecule has 1 N–H and O–H groups in total. The Hall–Kier alpha value is -1.52. The normalized spacial score (nSPS) is 10.7. The van der Waals surface area contributed by atoms with Crippen LogP contribution in [0, 0.1) is 0 Å². The van der Waals surface area contributed by atoms with Gasteiger partial charge in [-0.05, 0) is 24.2 Å². The number of halogens is 1. The lowest BCUT2D eigenvalue weighted by Crippen LogP contribution is -2.11. The zero-order chi connectivity index (χ0) is 13.7. The van der Waals surface area contributed by atoms with Crippen LogP contribution in [0.3, 0.4) is 0 Å². The molecule has 1 heterocycles. The number of hydrogen-bond acceptors (Lipinski definition) is 3. The van der Waals surface area contributed by atoms with Gasteiger partial charge in [-0.25, -0.2) is 4.98 Å². The van der Waals surface area contributed by atoms with E-state index in [0.717, 1.165) is 24.3 Å². The Morgan fingerprint density at radius 1 is 1.42 bits per heavy atom. The fourth-order valence-electron chi connectivity index (χ4n) is 1.72. The van der Waals surface area contributed by atoms with Gasteiger partial charge in [0.05, 0.1) is 23.2 Å². The first-order valence-corrected chi connectivity index (χ1v) is 6.65. The molecule has 0 fully saturated rings. The van der Waals surface area contributed by atoms with E-state index < -0.39 is 0 Å². The molecule has 102 valence electrons. The van der Waals surface area contributed by atoms with Gasteiger partial charge in [0.2, 0.25) is 0 Å². The molecule has 1 aromatic heterocycles. The number of rotatable bonds is 6. The summed E-state index contributed by atoms with van der Waals surface area (Å²) >= 11 is 6.21. The third kappa shape index (κ3) is 3.72. The van der Waals surface area contributed by atoms with E-state index in [2.05, 4.69) is 17.2 Å². The third-order valence-electron chi connectivity index (χ3n) is 2.87. The number of hydrogen-bond donors (Lipinski definition) is 1. The van der Waals surface area contributed by atoms with Crippen LogP contribution in [0.1, 0.15) is 18.2 Å². The Morgan fingerprint density at radius 3 is 2.89 bits per heavy atom. The van der Waals surface area contributed by atoms with Crippen molar-refractivity contribution in [3.05, 3.63) is 47.0 Å². The van der Waals surface area contributed by atoms with Crippen LogP contribution in [-0.4, -0.2) is 16.1 Å². The van der Waals surface area contributed by atoms with Crippen molar-refractivity contribution in [1.29, 1.82) is 0 Å². The largest absolute Gasteiger partial charge is 0.486 e. The molecule has 0 saturated carbocycles. The smallest absolute Gasteiger partial charge is 0.138 e. The van der Waals surface area contributed by atoms with Crippen LogP contribution in [0.5, 0.6) is 5.75 Å². The van der Waals surface area contributed by atoms with Crippen molar-refractivity contribution in [1.82, 2.24) is 14.9 Å². The zero-order valence-corrected chi connectivity index (χ0v) is 11.9. The number of aryl methyl sites for hydroxylation is 1. The van der Waals surface area contributed by atoms with Crippen molar-refractivity contribution in [3.63, 3.8) is 0 Å². The van der Waals surface area contributed by atoms with E-state index in [1.54, 1.807) is 12.5 Å². The second-order valence-electron chi connectivity index (χ2n) is 4.33. The number of ether oxygens (including phenoxy) is 1. The first-order chi connectivity index (χ1) is 9.20. The molecule has 19 heavy (non-hydrogen) atoms. The highest BCUT2D eigenvalue weighted by atomic mass is 35.5. The van der Waals surface area contributed by atoms with Gasteiger partial charge in [-0.3, -0.25) is 0 Å². The molecule has 1 aromatic carbocycles. The highest BCUT2D eigenvalue weighted by molar-refractivity contribution is 6.32. The van der Waals surface area contributed by atoms with E-state index in [1.807, 2.05) is 29.8 Å². The Labute approximate surface area is 118 Å². The van der Waals surface area contributed by atoms with Crippen molar-refractivity contribution in [3.8, 4) is 5.75 Å². The molecule has 2 rings (SSSR count). The summed E-state index contributed by atoms with van der Waals surface area (Å²) in [5.41, 5.74) is 2.16. The van der Waals surface area contributed by atoms with Gasteiger partial charge in [0, 0.05) is 13.6 Å². The van der Waals surface area contributed by atoms with Crippen molar-refractivity contribution >= 4 is 11.6 Å². The van der Waals surface area contributed by atoms with Gasteiger partial charge in [-0.2, -0.15) is 0 Å². The van der Waals surface area contributed by atoms with Gasteiger partial charge >= 0.3 is 0 Å². The highest BCUT2D eigenvalue weighted by Gasteiger charge is 2.05. The number of nitrogens with zero attached hydrogens (tertiary/aromatic N) is 2. The van der Waals surface area contributed by atoms with Crippen LogP contribution >= 0.6 is 11.6 Å². The molecule has 0 saturated heterocycles. The minimum atomic E-state index is 0.461. The minimum Gasteiger partial charge on any atom is -0.486 e. The SMILES string of the molecule is CCNCc1ccc(OCc2cncn2C)c(Cl)c1. The number of benzene rings is 1. The van der Waals surface area contributed by atoms with Crippen LogP contribution in [0.15, 0.2) is 30.7 Å². The Balaban J connectivity index is 1.99. The fourth-order valence-corrected chi connectivity index (χ4v) is 1.97. The van der Waals surface area contributed by atoms with Gasteiger partial charge in [0.15, 0.2) is 0 Å². The van der Waals surface area contributed by atoms with E-state index in [-0.39, 0.29) is 0 Å². The van der Waals surface area contributed by atoms with E-state index in [0.29, 0.717) is 17.4 Å². The summed E-state index contributed by atoms with van der Waals surface area (Å²) in [7, 11) is 1.94. The summed E-state index contributed by atoms with van der Waals surface area (Å²) in [4.78, 5) is 4.05. The zero-order valence-electron chi connectivity index (χ0n) is 11.2. The van der Waals surface area contributed by atoms with E-state index in [1.165, 1.54) is 0 Å². The van der Waals surface area contributed by atoms with Gasteiger partial charge in [-0.15, -0.1) is 0 Å². The molecule has 0 spiro atoms. The van der Waals surface area contributed by atoms with E-state index in [4.69, 9.17) is 16.3 Å². The van der Waals surface area contributed by atoms with Crippen molar-refractivity contribution < 1.29 is 4.74 Å². The maximum atomic E-state index is 6.21. The summed E-state index contributed by atoms with van der Waals surface area (Å²) in [5, 5.41) is 3.90. The van der Waals surface area contributed by atoms with Crippen molar-refractivity contribution in [2.75, 3.05) is 6.54 Å². The third-order valence-corrected chi connectivity index (χ3v) is 3.16. The predicted molar refractivity (Wildman–Crippen MR) is 76.4 cm³/mol. The Morgan fingerprint density at radius 2 is 2.26 bits per heavy atom. The lowest BCUT2D eigenvalue weighted by molar-refractivity contribution is 0.297. The molecule has 0 aliphatic carbocycles. The molecular weight excluding hydrogens is 262 g/mol. The molecule has 0 unspecified atom stereocenters. The van der Waals surface area contributed by atoms with Crippen LogP contribution in [0.2, 0.25) is 5.02 Å². The lowest BCUT2D eigenvalue weighted by atomic mass is 10.2. The molecule has 0 amide bonds. The van der Waals surface area contributed by atoms with E-state index in [9.17, 15) is 0 Å². The molecule has 0 atom stereocenters. The van der Waals surface area contributed by atoms with Gasteiger partial charge < -0.3 is 14.6 Å². The lowest BCUT2D eigenvalue weighted by Gasteiger charge is -2.10. The van der Waals surface area contributed by atoms with Crippen LogP contribution in [-0.2, 0) is 20.2 Å². The predicted octanol–water partition coefficient (Wildman–Crippen LogP) is 2.76. The van der Waals surface area contributed by atoms with Gasteiger partial charge in [0.1, 0.15) is 12.4 Å². The summed E-state index contributed by atoms with van der Waals surface area (Å²) < 4.78 is 7.63. The monoisotopic (exact) mass is 279 g/mol. The topological polar surface area (TPSA) is 39.1 Å². The van der Waals surface area contributed by atoms with Gasteiger partial charge in [-0.1, -0.05) is 24.6 Å². The highest BCUT2D eigenvalue weighted by Crippen LogP contribution is 2.26. The molecule has 2 aromatic rings. The number of imidazole rings is 1. The molecule has 4 nitrogen and oxygen atoms in total. The molecular formula is C14H18ClN3O. The molecule has 0 radical (unpaired) electrons. The van der Waals surface area contributed by atoms with Crippen LogP contribution < -0.4 is 10.1 Å². The average Bonchev–Trinajstić information content (AvgIpc) is 2.81. The Bertz CT molecular complexity index is 539. The second kappa shape index (κ2) is 6.59. The quantitative estimate of drug-likeness (QED) is 0.884. The maximum absolute atomic E-state index is 6.21. The summed E-state index contributed by atoms with van der Waals surface area (Å²) in [6, 6.07) is 5.86. The first-order valence-electron chi connectivity index (χ1n) is 6.28. The van der Waals surface area contributed by atoms with Crippen LogP contribution in [0.25, 0.3) is 0 Å². The Kier molecular flexibility index (Phi) is 4.82. The van der Waals surface area contributed by atoms with Gasteiger partial charge in [0.25, 0.3) is 0 Å². The van der Waals surface area contributed by atoms with E-state index >= 15 is 0 Å². The standard InChI is InChI=1S/C14H18ClN3O/c1-3-16-7-11-4-5-14(13(15)6-11)19-9-12-8-17-10-18(12)2/h4-6,8,10,16H,3,7,9H2,1-2H3. The number of nitrogens with one attached hydrogen (secondary N) is 1. The second-order valence-corrected chi connectivity index (χ2v) is 4.74. The molecule has 0 bridgehead atoms. The molecule has 0 aliphatic rings. The summed E-state index contributed by atoms with van der Waals surface area (Å²) in [6.07, 6.45) is 3.53. The molecule has 0 aliphatic heterocycles. The summed E-state index contributed by atoms with van der Waals surface area (Å²) in [5.74, 6) is 0.697. The van der Waals surface area contributed by atoms with Crippen molar-refractivity contribution in [2.45, 2.75) is 20.1 Å². The van der Waals surface area contributed by atoms with Crippen molar-refractivity contribution in [2.24, 2.45) is 7.05 Å². The fraction of sp³-hybridized carbons (Fsp3) is 0.357. The van der Waals surface area contributed by atoms with Crippen LogP contribution in [0.4, 0.5) is 0 Å². The number of aromatic nitrogens is 2. The average molecular weight is 280 g/mol. The maximum Gasteiger partial charge on any atom is 0.138 e.